The average Bonchev–Trinajstić information content (AvgIpc) is 2.66. The summed E-state index contributed by atoms with van der Waals surface area (Å²) in [5.41, 5.74) is 4.80. The maximum Gasteiger partial charge on any atom is 0.343 e. The third kappa shape index (κ3) is 4.51. The number of anilines is 1. The van der Waals surface area contributed by atoms with Crippen LogP contribution in [0.4, 0.5) is 11.4 Å². The van der Waals surface area contributed by atoms with Gasteiger partial charge in [-0.2, -0.15) is 0 Å². The molecule has 11 heteroatoms. The Bertz CT molecular complexity index is 1100. The summed E-state index contributed by atoms with van der Waals surface area (Å²) in [6, 6.07) is 7.52. The SMILES string of the molecule is Cc1cc(S(=O)(=O)C(C)CNC(=O)c2cccc([N+](=O)[O-])c2C(=O)O)ccc1N. The smallest absolute Gasteiger partial charge is 0.343 e. The fourth-order valence-electron chi connectivity index (χ4n) is 2.61. The molecule has 0 aliphatic carbocycles. The largest absolute Gasteiger partial charge is 0.477 e. The van der Waals surface area contributed by atoms with Crippen LogP contribution in [0, 0.1) is 17.0 Å². The summed E-state index contributed by atoms with van der Waals surface area (Å²) in [5.74, 6) is -2.57. The van der Waals surface area contributed by atoms with Gasteiger partial charge in [0.15, 0.2) is 9.84 Å². The van der Waals surface area contributed by atoms with E-state index in [-0.39, 0.29) is 11.4 Å². The summed E-state index contributed by atoms with van der Waals surface area (Å²) >= 11 is 0. The van der Waals surface area contributed by atoms with Crippen molar-refractivity contribution in [3.8, 4) is 0 Å². The lowest BCUT2D eigenvalue weighted by Crippen LogP contribution is -2.35. The van der Waals surface area contributed by atoms with Crippen molar-refractivity contribution >= 4 is 33.1 Å². The Labute approximate surface area is 166 Å². The van der Waals surface area contributed by atoms with Gasteiger partial charge in [0.2, 0.25) is 0 Å². The molecule has 0 heterocycles. The number of carboxylic acids is 1. The number of aromatic carboxylic acids is 1. The average molecular weight is 421 g/mol. The van der Waals surface area contributed by atoms with Crippen molar-refractivity contribution in [3.05, 3.63) is 63.2 Å². The van der Waals surface area contributed by atoms with Crippen LogP contribution >= 0.6 is 0 Å². The van der Waals surface area contributed by atoms with Gasteiger partial charge in [0, 0.05) is 18.3 Å². The number of aryl methyl sites for hydroxylation is 1. The molecule has 29 heavy (non-hydrogen) atoms. The van der Waals surface area contributed by atoms with Crippen molar-refractivity contribution in [3.63, 3.8) is 0 Å². The number of amides is 1. The number of carboxylic acid groups (broad SMARTS) is 1. The summed E-state index contributed by atoms with van der Waals surface area (Å²) < 4.78 is 25.4. The first kappa shape index (κ1) is 21.8. The van der Waals surface area contributed by atoms with Crippen LogP contribution in [0.3, 0.4) is 0 Å². The molecule has 2 rings (SSSR count). The molecule has 1 atom stereocenters. The molecule has 0 aliphatic rings. The predicted molar refractivity (Wildman–Crippen MR) is 105 cm³/mol. The molecular weight excluding hydrogens is 402 g/mol. The third-order valence-electron chi connectivity index (χ3n) is 4.35. The van der Waals surface area contributed by atoms with E-state index < -0.39 is 48.7 Å². The molecule has 0 fully saturated rings. The Hall–Kier alpha value is -3.47. The molecule has 10 nitrogen and oxygen atoms in total. The lowest BCUT2D eigenvalue weighted by molar-refractivity contribution is -0.385. The number of benzene rings is 2. The number of hydrogen-bond donors (Lipinski definition) is 3. The maximum absolute atomic E-state index is 12.7. The molecular formula is C18H19N3O7S. The van der Waals surface area contributed by atoms with Crippen LogP contribution < -0.4 is 11.1 Å². The van der Waals surface area contributed by atoms with Crippen molar-refractivity contribution in [2.45, 2.75) is 24.0 Å². The van der Waals surface area contributed by atoms with Crippen LogP contribution in [-0.4, -0.2) is 42.1 Å². The number of carbonyl (C=O) groups is 2. The Morgan fingerprint density at radius 3 is 2.48 bits per heavy atom. The Morgan fingerprint density at radius 1 is 1.28 bits per heavy atom. The minimum atomic E-state index is -3.80. The highest BCUT2D eigenvalue weighted by Crippen LogP contribution is 2.23. The first-order chi connectivity index (χ1) is 13.5. The minimum Gasteiger partial charge on any atom is -0.477 e. The zero-order valence-corrected chi connectivity index (χ0v) is 16.4. The van der Waals surface area contributed by atoms with Gasteiger partial charge >= 0.3 is 5.97 Å². The summed E-state index contributed by atoms with van der Waals surface area (Å²) in [6.45, 7) is 2.72. The number of nitrogen functional groups attached to an aromatic ring is 1. The quantitative estimate of drug-likeness (QED) is 0.345. The molecule has 1 unspecified atom stereocenters. The van der Waals surface area contributed by atoms with Crippen molar-refractivity contribution in [2.75, 3.05) is 12.3 Å². The second-order valence-corrected chi connectivity index (χ2v) is 8.71. The number of nitrogens with zero attached hydrogens (tertiary/aromatic N) is 1. The summed E-state index contributed by atoms with van der Waals surface area (Å²) in [5, 5.41) is 21.6. The molecule has 2 aromatic carbocycles. The number of sulfone groups is 1. The number of nitrogens with two attached hydrogens (primary N) is 1. The van der Waals surface area contributed by atoms with Crippen LogP contribution in [0.2, 0.25) is 0 Å². The molecule has 0 saturated heterocycles. The second-order valence-electron chi connectivity index (χ2n) is 6.35. The van der Waals surface area contributed by atoms with E-state index in [1.54, 1.807) is 6.92 Å². The molecule has 0 aromatic heterocycles. The fourth-order valence-corrected chi connectivity index (χ4v) is 3.97. The van der Waals surface area contributed by atoms with E-state index in [2.05, 4.69) is 5.32 Å². The van der Waals surface area contributed by atoms with Gasteiger partial charge in [0.05, 0.1) is 20.6 Å². The fraction of sp³-hybridized carbons (Fsp3) is 0.222. The van der Waals surface area contributed by atoms with Crippen LogP contribution in [0.15, 0.2) is 41.3 Å². The van der Waals surface area contributed by atoms with Gasteiger partial charge in [0.25, 0.3) is 11.6 Å². The van der Waals surface area contributed by atoms with Gasteiger partial charge in [-0.1, -0.05) is 6.07 Å². The molecule has 4 N–H and O–H groups in total. The van der Waals surface area contributed by atoms with Gasteiger partial charge in [0.1, 0.15) is 5.56 Å². The number of nitrogens with one attached hydrogen (secondary N) is 1. The Kier molecular flexibility index (Phi) is 6.22. The molecule has 0 bridgehead atoms. The number of carbonyl (C=O) groups excluding carboxylic acids is 1. The zero-order chi connectivity index (χ0) is 21.9. The minimum absolute atomic E-state index is 0.0347. The zero-order valence-electron chi connectivity index (χ0n) is 15.6. The van der Waals surface area contributed by atoms with Crippen molar-refractivity contribution in [1.82, 2.24) is 5.32 Å². The van der Waals surface area contributed by atoms with Gasteiger partial charge < -0.3 is 16.2 Å². The normalized spacial score (nSPS) is 12.2. The first-order valence-corrected chi connectivity index (χ1v) is 9.90. The first-order valence-electron chi connectivity index (χ1n) is 8.35. The van der Waals surface area contributed by atoms with Gasteiger partial charge in [-0.15, -0.1) is 0 Å². The predicted octanol–water partition coefficient (Wildman–Crippen LogP) is 1.78. The number of rotatable bonds is 7. The summed E-state index contributed by atoms with van der Waals surface area (Å²) in [4.78, 5) is 34.0. The summed E-state index contributed by atoms with van der Waals surface area (Å²) in [6.07, 6.45) is 0. The maximum atomic E-state index is 12.7. The second kappa shape index (κ2) is 8.27. The molecule has 0 spiro atoms. The van der Waals surface area contributed by atoms with Crippen LogP contribution in [0.1, 0.15) is 33.2 Å². The van der Waals surface area contributed by atoms with Crippen LogP contribution in [0.5, 0.6) is 0 Å². The third-order valence-corrected chi connectivity index (χ3v) is 6.48. The molecule has 0 radical (unpaired) electrons. The topological polar surface area (TPSA) is 170 Å². The highest BCUT2D eigenvalue weighted by molar-refractivity contribution is 7.92. The number of nitro groups is 1. The van der Waals surface area contributed by atoms with Crippen LogP contribution in [0.25, 0.3) is 0 Å². The van der Waals surface area contributed by atoms with Crippen molar-refractivity contribution < 1.29 is 28.0 Å². The molecule has 0 saturated carbocycles. The Balaban J connectivity index is 2.24. The van der Waals surface area contributed by atoms with Gasteiger partial charge in [-0.25, -0.2) is 13.2 Å². The van der Waals surface area contributed by atoms with E-state index in [1.807, 2.05) is 0 Å². The summed E-state index contributed by atoms with van der Waals surface area (Å²) in [7, 11) is -3.80. The highest BCUT2D eigenvalue weighted by atomic mass is 32.2. The lowest BCUT2D eigenvalue weighted by atomic mass is 10.0. The van der Waals surface area contributed by atoms with E-state index >= 15 is 0 Å². The van der Waals surface area contributed by atoms with Gasteiger partial charge in [-0.05, 0) is 43.7 Å². The monoisotopic (exact) mass is 421 g/mol. The highest BCUT2D eigenvalue weighted by Gasteiger charge is 2.28. The number of nitro benzene ring substituents is 1. The Morgan fingerprint density at radius 2 is 1.93 bits per heavy atom. The van der Waals surface area contributed by atoms with E-state index in [1.165, 1.54) is 31.2 Å². The molecule has 2 aromatic rings. The van der Waals surface area contributed by atoms with E-state index in [0.29, 0.717) is 11.3 Å². The van der Waals surface area contributed by atoms with E-state index in [4.69, 9.17) is 5.73 Å². The van der Waals surface area contributed by atoms with Crippen LogP contribution in [-0.2, 0) is 9.84 Å². The van der Waals surface area contributed by atoms with E-state index in [9.17, 15) is 33.2 Å². The number of hydrogen-bond acceptors (Lipinski definition) is 7. The van der Waals surface area contributed by atoms with Crippen molar-refractivity contribution in [2.24, 2.45) is 0 Å². The van der Waals surface area contributed by atoms with Crippen molar-refractivity contribution in [1.29, 1.82) is 0 Å². The molecule has 154 valence electrons. The molecule has 1 amide bonds. The van der Waals surface area contributed by atoms with E-state index in [0.717, 1.165) is 12.1 Å². The standard InChI is InChI=1S/C18H19N3O7S/c1-10-8-12(6-7-14(10)19)29(27,28)11(2)9-20-17(22)13-4-3-5-15(21(25)26)16(13)18(23)24/h3-8,11H,9,19H2,1-2H3,(H,20,22)(H,23,24). The van der Waals surface area contributed by atoms with Gasteiger partial charge in [-0.3, -0.25) is 14.9 Å². The lowest BCUT2D eigenvalue weighted by Gasteiger charge is -2.15. The molecule has 0 aliphatic heterocycles.